The van der Waals surface area contributed by atoms with Crippen molar-refractivity contribution >= 4 is 23.2 Å². The average Bonchev–Trinajstić information content (AvgIpc) is 2.69. The highest BCUT2D eigenvalue weighted by atomic mass is 35.5. The van der Waals surface area contributed by atoms with Crippen molar-refractivity contribution < 1.29 is 14.3 Å². The molecule has 3 rings (SSSR count). The predicted octanol–water partition coefficient (Wildman–Crippen LogP) is 4.60. The van der Waals surface area contributed by atoms with Gasteiger partial charge in [-0.1, -0.05) is 29.8 Å². The summed E-state index contributed by atoms with van der Waals surface area (Å²) in [6.07, 6.45) is 3.56. The van der Waals surface area contributed by atoms with Crippen LogP contribution < -0.4 is 14.8 Å². The number of halogens is 1. The predicted molar refractivity (Wildman–Crippen MR) is 107 cm³/mol. The van der Waals surface area contributed by atoms with Gasteiger partial charge in [-0.2, -0.15) is 0 Å². The molecule has 138 valence electrons. The fourth-order valence-corrected chi connectivity index (χ4v) is 2.86. The van der Waals surface area contributed by atoms with E-state index in [1.54, 1.807) is 38.7 Å². The van der Waals surface area contributed by atoms with Crippen molar-refractivity contribution in [3.05, 3.63) is 71.5 Å². The lowest BCUT2D eigenvalue weighted by Crippen LogP contribution is -2.15. The maximum absolute atomic E-state index is 12.5. The van der Waals surface area contributed by atoms with Crippen molar-refractivity contribution in [3.63, 3.8) is 0 Å². The number of methoxy groups -OCH3 is 2. The Kier molecular flexibility index (Phi) is 5.94. The molecule has 0 aliphatic heterocycles. The molecule has 1 aromatic heterocycles. The number of carbonyl (C=O) groups is 1. The maximum Gasteiger partial charge on any atom is 0.228 e. The Morgan fingerprint density at radius 1 is 1.04 bits per heavy atom. The summed E-state index contributed by atoms with van der Waals surface area (Å²) in [5.74, 6) is 1.13. The Bertz CT molecular complexity index is 942. The first-order chi connectivity index (χ1) is 13.1. The summed E-state index contributed by atoms with van der Waals surface area (Å²) in [4.78, 5) is 16.6. The van der Waals surface area contributed by atoms with Crippen LogP contribution in [0.2, 0.25) is 5.02 Å². The molecule has 0 spiro atoms. The van der Waals surface area contributed by atoms with Crippen molar-refractivity contribution in [1.29, 1.82) is 0 Å². The number of hydrogen-bond acceptors (Lipinski definition) is 4. The molecule has 0 unspecified atom stereocenters. The topological polar surface area (TPSA) is 60.5 Å². The van der Waals surface area contributed by atoms with Crippen molar-refractivity contribution in [2.45, 2.75) is 6.42 Å². The van der Waals surface area contributed by atoms with Crippen LogP contribution in [0.25, 0.3) is 11.1 Å². The van der Waals surface area contributed by atoms with Gasteiger partial charge in [0.1, 0.15) is 0 Å². The number of amides is 1. The van der Waals surface area contributed by atoms with Gasteiger partial charge in [0.15, 0.2) is 11.5 Å². The van der Waals surface area contributed by atoms with Crippen LogP contribution in [0.1, 0.15) is 5.56 Å². The molecule has 27 heavy (non-hydrogen) atoms. The molecule has 0 aliphatic rings. The van der Waals surface area contributed by atoms with Crippen LogP contribution in [0.3, 0.4) is 0 Å². The molecule has 0 saturated heterocycles. The summed E-state index contributed by atoms with van der Waals surface area (Å²) in [5, 5.41) is 3.57. The minimum absolute atomic E-state index is 0.132. The molecule has 0 bridgehead atoms. The van der Waals surface area contributed by atoms with Crippen LogP contribution in [0.4, 0.5) is 5.69 Å². The summed E-state index contributed by atoms with van der Waals surface area (Å²) in [6, 6.07) is 14.6. The zero-order valence-electron chi connectivity index (χ0n) is 15.0. The number of benzene rings is 2. The fraction of sp³-hybridized carbons (Fsp3) is 0.143. The van der Waals surface area contributed by atoms with E-state index in [-0.39, 0.29) is 12.3 Å². The van der Waals surface area contributed by atoms with Crippen LogP contribution in [0, 0.1) is 0 Å². The van der Waals surface area contributed by atoms with Crippen LogP contribution >= 0.6 is 11.6 Å². The monoisotopic (exact) mass is 382 g/mol. The fourth-order valence-electron chi connectivity index (χ4n) is 2.73. The number of nitrogens with one attached hydrogen (secondary N) is 1. The van der Waals surface area contributed by atoms with Crippen molar-refractivity contribution in [2.75, 3.05) is 19.5 Å². The third-order valence-electron chi connectivity index (χ3n) is 4.07. The lowest BCUT2D eigenvalue weighted by atomic mass is 10.0. The van der Waals surface area contributed by atoms with Gasteiger partial charge in [0.25, 0.3) is 0 Å². The molecule has 1 amide bonds. The van der Waals surface area contributed by atoms with Crippen LogP contribution in [-0.2, 0) is 11.2 Å². The highest BCUT2D eigenvalue weighted by molar-refractivity contribution is 6.30. The van der Waals surface area contributed by atoms with E-state index in [1.165, 1.54) is 0 Å². The Hall–Kier alpha value is -3.05. The SMILES string of the molecule is COc1ccc(-c2ccncc2NC(=O)Cc2ccc(Cl)cc2)cc1OC. The third-order valence-corrected chi connectivity index (χ3v) is 4.32. The summed E-state index contributed by atoms with van der Waals surface area (Å²) in [7, 11) is 3.18. The van der Waals surface area contributed by atoms with E-state index in [4.69, 9.17) is 21.1 Å². The second-order valence-electron chi connectivity index (χ2n) is 5.84. The van der Waals surface area contributed by atoms with E-state index in [0.29, 0.717) is 22.2 Å². The van der Waals surface area contributed by atoms with E-state index in [0.717, 1.165) is 16.7 Å². The summed E-state index contributed by atoms with van der Waals surface area (Å²) >= 11 is 5.88. The molecule has 6 heteroatoms. The molecule has 0 fully saturated rings. The van der Waals surface area contributed by atoms with E-state index in [1.807, 2.05) is 36.4 Å². The first kappa shape index (κ1) is 18.7. The normalized spacial score (nSPS) is 10.3. The summed E-state index contributed by atoms with van der Waals surface area (Å²) in [6.45, 7) is 0. The number of nitrogens with zero attached hydrogens (tertiary/aromatic N) is 1. The Labute approximate surface area is 162 Å². The molecule has 0 atom stereocenters. The van der Waals surface area contributed by atoms with Gasteiger partial charge in [-0.05, 0) is 41.5 Å². The highest BCUT2D eigenvalue weighted by Crippen LogP contribution is 2.35. The van der Waals surface area contributed by atoms with Crippen molar-refractivity contribution in [2.24, 2.45) is 0 Å². The number of aromatic nitrogens is 1. The van der Waals surface area contributed by atoms with Gasteiger partial charge in [0.05, 0.1) is 32.5 Å². The lowest BCUT2D eigenvalue weighted by molar-refractivity contribution is -0.115. The Morgan fingerprint density at radius 3 is 2.48 bits per heavy atom. The summed E-state index contributed by atoms with van der Waals surface area (Å²) in [5.41, 5.74) is 3.24. The second kappa shape index (κ2) is 8.56. The molecule has 0 radical (unpaired) electrons. The van der Waals surface area contributed by atoms with Crippen molar-refractivity contribution in [1.82, 2.24) is 4.98 Å². The van der Waals surface area contributed by atoms with Crippen LogP contribution in [0.15, 0.2) is 60.9 Å². The van der Waals surface area contributed by atoms with E-state index < -0.39 is 0 Å². The summed E-state index contributed by atoms with van der Waals surface area (Å²) < 4.78 is 10.6. The molecule has 1 heterocycles. The molecule has 5 nitrogen and oxygen atoms in total. The smallest absolute Gasteiger partial charge is 0.228 e. The van der Waals surface area contributed by atoms with E-state index >= 15 is 0 Å². The van der Waals surface area contributed by atoms with Gasteiger partial charge < -0.3 is 14.8 Å². The standard InChI is InChI=1S/C21H19ClN2O3/c1-26-19-8-5-15(12-20(19)27-2)17-9-10-23-13-18(17)24-21(25)11-14-3-6-16(22)7-4-14/h3-10,12-13H,11H2,1-2H3,(H,24,25). The number of carbonyl (C=O) groups excluding carboxylic acids is 1. The first-order valence-corrected chi connectivity index (χ1v) is 8.69. The molecular formula is C21H19ClN2O3. The number of anilines is 1. The lowest BCUT2D eigenvalue weighted by Gasteiger charge is -2.13. The minimum Gasteiger partial charge on any atom is -0.493 e. The third kappa shape index (κ3) is 4.57. The number of hydrogen-bond donors (Lipinski definition) is 1. The van der Waals surface area contributed by atoms with Gasteiger partial charge >= 0.3 is 0 Å². The zero-order chi connectivity index (χ0) is 19.2. The molecular weight excluding hydrogens is 364 g/mol. The quantitative estimate of drug-likeness (QED) is 0.676. The average molecular weight is 383 g/mol. The largest absolute Gasteiger partial charge is 0.493 e. The van der Waals surface area contributed by atoms with Crippen LogP contribution in [0.5, 0.6) is 11.5 Å². The molecule has 2 aromatic carbocycles. The first-order valence-electron chi connectivity index (χ1n) is 8.31. The number of rotatable bonds is 6. The van der Waals surface area contributed by atoms with Gasteiger partial charge in [0.2, 0.25) is 5.91 Å². The molecule has 3 aromatic rings. The molecule has 0 saturated carbocycles. The molecule has 1 N–H and O–H groups in total. The van der Waals surface area contributed by atoms with Crippen molar-refractivity contribution in [3.8, 4) is 22.6 Å². The molecule has 0 aliphatic carbocycles. The van der Waals surface area contributed by atoms with Gasteiger partial charge in [-0.25, -0.2) is 0 Å². The van der Waals surface area contributed by atoms with Gasteiger partial charge in [0, 0.05) is 16.8 Å². The van der Waals surface area contributed by atoms with E-state index in [9.17, 15) is 4.79 Å². The Balaban J connectivity index is 1.83. The van der Waals surface area contributed by atoms with Gasteiger partial charge in [-0.15, -0.1) is 0 Å². The maximum atomic E-state index is 12.5. The van der Waals surface area contributed by atoms with E-state index in [2.05, 4.69) is 10.3 Å². The minimum atomic E-state index is -0.132. The van der Waals surface area contributed by atoms with Crippen LogP contribution in [-0.4, -0.2) is 25.1 Å². The highest BCUT2D eigenvalue weighted by Gasteiger charge is 2.12. The Morgan fingerprint density at radius 2 is 1.78 bits per heavy atom. The number of ether oxygens (including phenoxy) is 2. The van der Waals surface area contributed by atoms with Gasteiger partial charge in [-0.3, -0.25) is 9.78 Å². The second-order valence-corrected chi connectivity index (χ2v) is 6.28. The zero-order valence-corrected chi connectivity index (χ0v) is 15.8. The number of pyridine rings is 1.